The van der Waals surface area contributed by atoms with E-state index in [0.717, 1.165) is 24.8 Å². The predicted octanol–water partition coefficient (Wildman–Crippen LogP) is 1.84. The van der Waals surface area contributed by atoms with Crippen LogP contribution in [0.5, 0.6) is 5.75 Å². The van der Waals surface area contributed by atoms with E-state index in [1.807, 2.05) is 6.07 Å². The van der Waals surface area contributed by atoms with E-state index in [2.05, 4.69) is 5.32 Å². The lowest BCUT2D eigenvalue weighted by Gasteiger charge is -2.41. The van der Waals surface area contributed by atoms with E-state index in [9.17, 15) is 14.7 Å². The van der Waals surface area contributed by atoms with Crippen molar-refractivity contribution in [2.45, 2.75) is 44.1 Å². The van der Waals surface area contributed by atoms with Crippen LogP contribution in [-0.4, -0.2) is 27.6 Å². The number of rotatable bonds is 6. The number of para-hydroxylation sites is 1. The zero-order valence-electron chi connectivity index (χ0n) is 11.3. The molecule has 108 valence electrons. The molecule has 1 aliphatic carbocycles. The first-order valence-corrected chi connectivity index (χ1v) is 6.80. The number of hydrogen-bond acceptors (Lipinski definition) is 3. The topological polar surface area (TPSA) is 86.6 Å². The molecule has 0 spiro atoms. The molecule has 0 saturated heterocycles. The number of benzene rings is 1. The molecule has 3 N–H and O–H groups in total. The highest BCUT2D eigenvalue weighted by atomic mass is 16.4. The second kappa shape index (κ2) is 5.94. The van der Waals surface area contributed by atoms with Crippen LogP contribution in [0, 0.1) is 0 Å². The Morgan fingerprint density at radius 2 is 1.95 bits per heavy atom. The van der Waals surface area contributed by atoms with Gasteiger partial charge < -0.3 is 15.5 Å². The van der Waals surface area contributed by atoms with Crippen LogP contribution in [0.15, 0.2) is 24.3 Å². The van der Waals surface area contributed by atoms with Gasteiger partial charge in [-0.05, 0) is 37.3 Å². The quantitative estimate of drug-likeness (QED) is 0.740. The van der Waals surface area contributed by atoms with Crippen molar-refractivity contribution in [1.82, 2.24) is 5.32 Å². The summed E-state index contributed by atoms with van der Waals surface area (Å²) in [7, 11) is 0. The zero-order valence-corrected chi connectivity index (χ0v) is 11.3. The molecule has 0 atom stereocenters. The number of amides is 1. The van der Waals surface area contributed by atoms with E-state index >= 15 is 0 Å². The van der Waals surface area contributed by atoms with Gasteiger partial charge in [0.25, 0.3) is 0 Å². The molecule has 1 saturated carbocycles. The first kappa shape index (κ1) is 14.4. The molecule has 0 bridgehead atoms. The van der Waals surface area contributed by atoms with Gasteiger partial charge in [-0.2, -0.15) is 0 Å². The fourth-order valence-corrected chi connectivity index (χ4v) is 2.57. The Hall–Kier alpha value is -2.04. The SMILES string of the molecule is O=C(O)CC1(NC(=O)CCc2ccccc2O)CCC1. The van der Waals surface area contributed by atoms with Crippen LogP contribution < -0.4 is 5.32 Å². The first-order valence-electron chi connectivity index (χ1n) is 6.80. The van der Waals surface area contributed by atoms with Crippen molar-refractivity contribution in [2.24, 2.45) is 0 Å². The number of phenolic OH excluding ortho intramolecular Hbond substituents is 1. The van der Waals surface area contributed by atoms with Gasteiger partial charge in [0.15, 0.2) is 0 Å². The molecule has 1 aliphatic rings. The van der Waals surface area contributed by atoms with Gasteiger partial charge in [0, 0.05) is 6.42 Å². The van der Waals surface area contributed by atoms with E-state index in [-0.39, 0.29) is 24.5 Å². The molecule has 5 nitrogen and oxygen atoms in total. The lowest BCUT2D eigenvalue weighted by atomic mass is 9.74. The van der Waals surface area contributed by atoms with Gasteiger partial charge >= 0.3 is 5.97 Å². The largest absolute Gasteiger partial charge is 0.508 e. The van der Waals surface area contributed by atoms with Crippen LogP contribution in [0.25, 0.3) is 0 Å². The summed E-state index contributed by atoms with van der Waals surface area (Å²) >= 11 is 0. The molecular formula is C15H19NO4. The fourth-order valence-electron chi connectivity index (χ4n) is 2.57. The van der Waals surface area contributed by atoms with E-state index in [0.29, 0.717) is 6.42 Å². The van der Waals surface area contributed by atoms with E-state index in [4.69, 9.17) is 5.11 Å². The van der Waals surface area contributed by atoms with E-state index < -0.39 is 11.5 Å². The smallest absolute Gasteiger partial charge is 0.305 e. The minimum atomic E-state index is -0.884. The van der Waals surface area contributed by atoms with Gasteiger partial charge in [-0.25, -0.2) is 0 Å². The van der Waals surface area contributed by atoms with Gasteiger partial charge in [-0.1, -0.05) is 18.2 Å². The van der Waals surface area contributed by atoms with Gasteiger partial charge in [0.05, 0.1) is 12.0 Å². The predicted molar refractivity (Wildman–Crippen MR) is 73.4 cm³/mol. The van der Waals surface area contributed by atoms with E-state index in [1.54, 1.807) is 18.2 Å². The molecule has 1 fully saturated rings. The third kappa shape index (κ3) is 3.50. The van der Waals surface area contributed by atoms with Crippen LogP contribution in [-0.2, 0) is 16.0 Å². The number of carbonyl (C=O) groups excluding carboxylic acids is 1. The van der Waals surface area contributed by atoms with Crippen LogP contribution in [0.4, 0.5) is 0 Å². The zero-order chi connectivity index (χ0) is 14.6. The Kier molecular flexibility index (Phi) is 4.27. The number of carboxylic acids is 1. The molecule has 5 heteroatoms. The summed E-state index contributed by atoms with van der Waals surface area (Å²) in [5, 5.41) is 21.4. The molecule has 1 aromatic rings. The second-order valence-electron chi connectivity index (χ2n) is 5.38. The highest BCUT2D eigenvalue weighted by molar-refractivity contribution is 5.79. The van der Waals surface area contributed by atoms with Crippen molar-refractivity contribution in [1.29, 1.82) is 0 Å². The van der Waals surface area contributed by atoms with Crippen LogP contribution in [0.1, 0.15) is 37.7 Å². The van der Waals surface area contributed by atoms with Crippen molar-refractivity contribution >= 4 is 11.9 Å². The van der Waals surface area contributed by atoms with Gasteiger partial charge in [0.2, 0.25) is 5.91 Å². The summed E-state index contributed by atoms with van der Waals surface area (Å²) in [4.78, 5) is 22.8. The highest BCUT2D eigenvalue weighted by Gasteiger charge is 2.40. The third-order valence-corrected chi connectivity index (χ3v) is 3.82. The van der Waals surface area contributed by atoms with Crippen molar-refractivity contribution in [3.8, 4) is 5.75 Å². The number of aliphatic carboxylic acids is 1. The molecule has 0 aromatic heterocycles. The molecule has 0 radical (unpaired) electrons. The summed E-state index contributed by atoms with van der Waals surface area (Å²) in [6.07, 6.45) is 3.08. The summed E-state index contributed by atoms with van der Waals surface area (Å²) in [6, 6.07) is 6.91. The van der Waals surface area contributed by atoms with Crippen LogP contribution in [0.3, 0.4) is 0 Å². The maximum absolute atomic E-state index is 11.9. The standard InChI is InChI=1S/C15H19NO4/c17-12-5-2-1-4-11(12)6-7-13(18)16-15(8-3-9-15)10-14(19)20/h1-2,4-5,17H,3,6-10H2,(H,16,18)(H,19,20). The van der Waals surface area contributed by atoms with Gasteiger partial charge in [0.1, 0.15) is 5.75 Å². The number of aryl methyl sites for hydroxylation is 1. The third-order valence-electron chi connectivity index (χ3n) is 3.82. The summed E-state index contributed by atoms with van der Waals surface area (Å²) in [6.45, 7) is 0. The number of nitrogens with one attached hydrogen (secondary N) is 1. The molecule has 1 aromatic carbocycles. The number of carbonyl (C=O) groups is 2. The normalized spacial score (nSPS) is 16.2. The van der Waals surface area contributed by atoms with Gasteiger partial charge in [-0.15, -0.1) is 0 Å². The summed E-state index contributed by atoms with van der Waals surface area (Å²) < 4.78 is 0. The lowest BCUT2D eigenvalue weighted by molar-refractivity contribution is -0.140. The fraction of sp³-hybridized carbons (Fsp3) is 0.467. The Balaban J connectivity index is 1.86. The average Bonchev–Trinajstić information content (AvgIpc) is 2.34. The summed E-state index contributed by atoms with van der Waals surface area (Å²) in [5.41, 5.74) is 0.172. The molecule has 0 heterocycles. The Labute approximate surface area is 117 Å². The minimum absolute atomic E-state index is 0.0185. The second-order valence-corrected chi connectivity index (χ2v) is 5.38. The number of aromatic hydroxyl groups is 1. The molecule has 0 unspecified atom stereocenters. The first-order chi connectivity index (χ1) is 9.51. The van der Waals surface area contributed by atoms with Crippen LogP contribution >= 0.6 is 0 Å². The van der Waals surface area contributed by atoms with Gasteiger partial charge in [-0.3, -0.25) is 9.59 Å². The number of hydrogen-bond donors (Lipinski definition) is 3. The van der Waals surface area contributed by atoms with Crippen molar-refractivity contribution in [3.63, 3.8) is 0 Å². The molecule has 0 aliphatic heterocycles. The van der Waals surface area contributed by atoms with E-state index in [1.165, 1.54) is 0 Å². The maximum Gasteiger partial charge on any atom is 0.305 e. The maximum atomic E-state index is 11.9. The minimum Gasteiger partial charge on any atom is -0.508 e. The average molecular weight is 277 g/mol. The molecule has 1 amide bonds. The summed E-state index contributed by atoms with van der Waals surface area (Å²) in [5.74, 6) is -0.857. The Bertz CT molecular complexity index is 508. The monoisotopic (exact) mass is 277 g/mol. The number of phenols is 1. The van der Waals surface area contributed by atoms with Crippen molar-refractivity contribution in [3.05, 3.63) is 29.8 Å². The number of carboxylic acid groups (broad SMARTS) is 1. The van der Waals surface area contributed by atoms with Crippen molar-refractivity contribution in [2.75, 3.05) is 0 Å². The Morgan fingerprint density at radius 3 is 2.50 bits per heavy atom. The lowest BCUT2D eigenvalue weighted by Crippen LogP contribution is -2.54. The molecule has 20 heavy (non-hydrogen) atoms. The highest BCUT2D eigenvalue weighted by Crippen LogP contribution is 2.35. The molecular weight excluding hydrogens is 258 g/mol. The van der Waals surface area contributed by atoms with Crippen LogP contribution in [0.2, 0.25) is 0 Å². The Morgan fingerprint density at radius 1 is 1.25 bits per heavy atom. The molecule has 2 rings (SSSR count). The van der Waals surface area contributed by atoms with Crippen molar-refractivity contribution < 1.29 is 19.8 Å².